The SMILES string of the molecule is C.CCOC(=O)C1CCN(C(=O)OCc2ccccc2)CCC1=O.O=C1CCN(C(=O)OCc2ccccc2)CC1. The summed E-state index contributed by atoms with van der Waals surface area (Å²) in [6.07, 6.45) is 0.510. The lowest BCUT2D eigenvalue weighted by Crippen LogP contribution is -2.38. The van der Waals surface area contributed by atoms with Gasteiger partial charge in [-0.25, -0.2) is 9.59 Å². The van der Waals surface area contributed by atoms with Gasteiger partial charge in [-0.05, 0) is 24.5 Å². The van der Waals surface area contributed by atoms with Crippen LogP contribution >= 0.6 is 0 Å². The highest BCUT2D eigenvalue weighted by Crippen LogP contribution is 2.17. The fourth-order valence-electron chi connectivity index (χ4n) is 4.21. The molecule has 2 saturated heterocycles. The van der Waals surface area contributed by atoms with Crippen molar-refractivity contribution in [3.63, 3.8) is 0 Å². The van der Waals surface area contributed by atoms with Crippen molar-refractivity contribution in [3.8, 4) is 0 Å². The zero-order chi connectivity index (χ0) is 28.7. The maximum Gasteiger partial charge on any atom is 0.410 e. The zero-order valence-electron chi connectivity index (χ0n) is 22.8. The lowest BCUT2D eigenvalue weighted by Gasteiger charge is -2.25. The molecule has 0 aromatic heterocycles. The number of rotatable bonds is 6. The summed E-state index contributed by atoms with van der Waals surface area (Å²) in [6, 6.07) is 18.9. The average molecular weight is 569 g/mol. The summed E-state index contributed by atoms with van der Waals surface area (Å²) < 4.78 is 15.4. The third-order valence-corrected chi connectivity index (χ3v) is 6.52. The Morgan fingerprint density at radius 2 is 1.17 bits per heavy atom. The van der Waals surface area contributed by atoms with Crippen molar-refractivity contribution >= 4 is 29.7 Å². The molecule has 222 valence electrons. The van der Waals surface area contributed by atoms with E-state index in [1.54, 1.807) is 11.8 Å². The smallest absolute Gasteiger partial charge is 0.410 e. The maximum absolute atomic E-state index is 12.1. The van der Waals surface area contributed by atoms with Crippen LogP contribution in [0.2, 0.25) is 0 Å². The quantitative estimate of drug-likeness (QED) is 0.277. The van der Waals surface area contributed by atoms with Gasteiger partial charge in [0.05, 0.1) is 6.61 Å². The highest BCUT2D eigenvalue weighted by Gasteiger charge is 2.32. The van der Waals surface area contributed by atoms with Crippen molar-refractivity contribution in [2.75, 3.05) is 32.8 Å². The number of esters is 1. The molecule has 2 aromatic carbocycles. The summed E-state index contributed by atoms with van der Waals surface area (Å²) >= 11 is 0. The lowest BCUT2D eigenvalue weighted by atomic mass is 10.00. The first-order chi connectivity index (χ1) is 19.4. The molecule has 41 heavy (non-hydrogen) atoms. The molecular weight excluding hydrogens is 528 g/mol. The fourth-order valence-corrected chi connectivity index (χ4v) is 4.21. The number of hydrogen-bond donors (Lipinski definition) is 0. The molecule has 1 unspecified atom stereocenters. The molecule has 10 nitrogen and oxygen atoms in total. The summed E-state index contributed by atoms with van der Waals surface area (Å²) in [4.78, 5) is 61.6. The van der Waals surface area contributed by atoms with E-state index in [2.05, 4.69) is 0 Å². The Labute approximate surface area is 241 Å². The molecule has 0 saturated carbocycles. The van der Waals surface area contributed by atoms with Crippen LogP contribution in [0.3, 0.4) is 0 Å². The first-order valence-corrected chi connectivity index (χ1v) is 13.5. The Hall–Kier alpha value is -4.21. The molecule has 4 rings (SSSR count). The number of amides is 2. The molecule has 2 aromatic rings. The van der Waals surface area contributed by atoms with Crippen LogP contribution in [0.1, 0.15) is 51.2 Å². The van der Waals surface area contributed by atoms with Gasteiger partial charge in [0.2, 0.25) is 0 Å². The minimum Gasteiger partial charge on any atom is -0.465 e. The van der Waals surface area contributed by atoms with Gasteiger partial charge in [-0.1, -0.05) is 68.1 Å². The van der Waals surface area contributed by atoms with E-state index < -0.39 is 18.0 Å². The number of carbonyl (C=O) groups excluding carboxylic acids is 5. The Morgan fingerprint density at radius 3 is 1.66 bits per heavy atom. The first-order valence-electron chi connectivity index (χ1n) is 13.5. The molecule has 2 aliphatic heterocycles. The van der Waals surface area contributed by atoms with Crippen LogP contribution in [-0.4, -0.2) is 72.3 Å². The van der Waals surface area contributed by atoms with E-state index in [-0.39, 0.29) is 64.3 Å². The van der Waals surface area contributed by atoms with Crippen LogP contribution < -0.4 is 0 Å². The highest BCUT2D eigenvalue weighted by molar-refractivity contribution is 5.99. The number of carbonyl (C=O) groups is 5. The van der Waals surface area contributed by atoms with Crippen LogP contribution in [0.15, 0.2) is 60.7 Å². The van der Waals surface area contributed by atoms with Crippen molar-refractivity contribution in [1.29, 1.82) is 0 Å². The molecule has 0 bridgehead atoms. The molecule has 0 radical (unpaired) electrons. The topological polar surface area (TPSA) is 120 Å². The Bertz CT molecular complexity index is 1130. The standard InChI is InChI=1S/C17H21NO5.C13H15NO3.CH4/c1-2-22-16(20)14-8-10-18(11-9-15(14)19)17(21)23-12-13-6-4-3-5-7-13;15-12-6-8-14(9-7-12)13(16)17-10-11-4-2-1-3-5-11;/h3-7,14H,2,8-12H2,1H3;1-5H,6-10H2;1H4. The number of piperidine rings is 1. The molecule has 1 atom stereocenters. The van der Waals surface area contributed by atoms with Crippen LogP contribution in [0, 0.1) is 5.92 Å². The number of benzene rings is 2. The van der Waals surface area contributed by atoms with Crippen molar-refractivity contribution < 1.29 is 38.2 Å². The molecule has 10 heteroatoms. The van der Waals surface area contributed by atoms with Crippen molar-refractivity contribution in [2.45, 2.75) is 53.2 Å². The summed E-state index contributed by atoms with van der Waals surface area (Å²) in [5, 5.41) is 0. The van der Waals surface area contributed by atoms with Crippen molar-refractivity contribution in [2.24, 2.45) is 5.92 Å². The summed E-state index contributed by atoms with van der Waals surface area (Å²) in [5.74, 6) is -1.24. The van der Waals surface area contributed by atoms with Gasteiger partial charge in [0.1, 0.15) is 30.7 Å². The van der Waals surface area contributed by atoms with E-state index >= 15 is 0 Å². The van der Waals surface area contributed by atoms with Gasteiger partial charge in [-0.15, -0.1) is 0 Å². The summed E-state index contributed by atoms with van der Waals surface area (Å²) in [6.45, 7) is 3.94. The molecule has 2 aliphatic rings. The number of ketones is 2. The fraction of sp³-hybridized carbons (Fsp3) is 0.452. The Balaban J connectivity index is 0.000000292. The highest BCUT2D eigenvalue weighted by atomic mass is 16.6. The summed E-state index contributed by atoms with van der Waals surface area (Å²) in [7, 11) is 0. The van der Waals surface area contributed by atoms with E-state index in [0.29, 0.717) is 32.5 Å². The van der Waals surface area contributed by atoms with E-state index in [0.717, 1.165) is 11.1 Å². The van der Waals surface area contributed by atoms with Crippen molar-refractivity contribution in [1.82, 2.24) is 9.80 Å². The predicted octanol–water partition coefficient (Wildman–Crippen LogP) is 4.79. The van der Waals surface area contributed by atoms with Crippen LogP contribution in [-0.2, 0) is 41.8 Å². The molecule has 0 spiro atoms. The van der Waals surface area contributed by atoms with Gasteiger partial charge in [0.25, 0.3) is 0 Å². The van der Waals surface area contributed by atoms with Crippen LogP contribution in [0.5, 0.6) is 0 Å². The predicted molar refractivity (Wildman–Crippen MR) is 152 cm³/mol. The first kappa shape index (κ1) is 33.0. The minimum atomic E-state index is -0.776. The second-order valence-electron chi connectivity index (χ2n) is 9.40. The average Bonchev–Trinajstić information content (AvgIpc) is 3.18. The van der Waals surface area contributed by atoms with Crippen molar-refractivity contribution in [3.05, 3.63) is 71.8 Å². The third-order valence-electron chi connectivity index (χ3n) is 6.52. The van der Waals surface area contributed by atoms with E-state index in [9.17, 15) is 24.0 Å². The summed E-state index contributed by atoms with van der Waals surface area (Å²) in [5.41, 5.74) is 1.87. The van der Waals surface area contributed by atoms with Gasteiger partial charge in [-0.2, -0.15) is 0 Å². The Morgan fingerprint density at radius 1 is 0.707 bits per heavy atom. The second kappa shape index (κ2) is 17.5. The van der Waals surface area contributed by atoms with E-state index in [1.807, 2.05) is 60.7 Å². The van der Waals surface area contributed by atoms with E-state index in [4.69, 9.17) is 14.2 Å². The lowest BCUT2D eigenvalue weighted by molar-refractivity contribution is -0.151. The van der Waals surface area contributed by atoms with Gasteiger partial charge in [-0.3, -0.25) is 14.4 Å². The van der Waals surface area contributed by atoms with Gasteiger partial charge >= 0.3 is 18.2 Å². The Kier molecular flexibility index (Phi) is 14.1. The zero-order valence-corrected chi connectivity index (χ0v) is 22.8. The van der Waals surface area contributed by atoms with Crippen LogP contribution in [0.4, 0.5) is 9.59 Å². The number of ether oxygens (including phenoxy) is 3. The van der Waals surface area contributed by atoms with Gasteiger partial charge < -0.3 is 24.0 Å². The third kappa shape index (κ3) is 11.1. The molecule has 2 fully saturated rings. The van der Waals surface area contributed by atoms with Gasteiger partial charge in [0.15, 0.2) is 0 Å². The molecule has 2 amide bonds. The number of nitrogens with zero attached hydrogens (tertiary/aromatic N) is 2. The van der Waals surface area contributed by atoms with Crippen LogP contribution in [0.25, 0.3) is 0 Å². The second-order valence-corrected chi connectivity index (χ2v) is 9.40. The molecular formula is C31H40N2O8. The number of likely N-dealkylation sites (tertiary alicyclic amines) is 2. The molecule has 0 N–H and O–H groups in total. The number of hydrogen-bond acceptors (Lipinski definition) is 8. The molecule has 2 heterocycles. The monoisotopic (exact) mass is 568 g/mol. The molecule has 0 aliphatic carbocycles. The number of Topliss-reactive ketones (excluding diaryl/α,β-unsaturated/α-hetero) is 2. The minimum absolute atomic E-state index is 0. The van der Waals surface area contributed by atoms with E-state index in [1.165, 1.54) is 4.90 Å². The largest absolute Gasteiger partial charge is 0.465 e. The normalized spacial score (nSPS) is 16.8. The maximum atomic E-state index is 12.1. The van der Waals surface area contributed by atoms with Gasteiger partial charge in [0, 0.05) is 45.4 Å².